The number of Topliss-reactive ketones (excluding diaryl/α,β-unsaturated/α-hetero) is 2. The highest BCUT2D eigenvalue weighted by Crippen LogP contribution is 2.46. The van der Waals surface area contributed by atoms with Gasteiger partial charge in [-0.25, -0.2) is 9.97 Å². The number of aromatic nitrogens is 6. The summed E-state index contributed by atoms with van der Waals surface area (Å²) in [5, 5.41) is 38.7. The number of aliphatic hydroxyl groups excluding tert-OH is 2. The van der Waals surface area contributed by atoms with E-state index in [0.29, 0.717) is 19.4 Å². The van der Waals surface area contributed by atoms with Crippen LogP contribution in [0.3, 0.4) is 0 Å². The number of carbonyl (C=O) groups is 2. The van der Waals surface area contributed by atoms with Gasteiger partial charge in [-0.1, -0.05) is 94.2 Å². The van der Waals surface area contributed by atoms with Gasteiger partial charge in [0.25, 0.3) is 0 Å². The Morgan fingerprint density at radius 1 is 0.738 bits per heavy atom. The first-order valence-corrected chi connectivity index (χ1v) is 34.3. The first kappa shape index (κ1) is 64.4. The molecule has 4 aliphatic rings. The van der Waals surface area contributed by atoms with Crippen LogP contribution in [-0.4, -0.2) is 106 Å². The van der Waals surface area contributed by atoms with E-state index < -0.39 is 24.9 Å². The number of pyridine rings is 2. The summed E-state index contributed by atoms with van der Waals surface area (Å²) in [7, 11) is -1.25. The second-order valence-electron chi connectivity index (χ2n) is 27.2. The number of allylic oxidation sites excluding steroid dienone is 4. The Labute approximate surface area is 491 Å². The Morgan fingerprint density at radius 2 is 1.23 bits per heavy atom. The minimum Gasteiger partial charge on any atom is -0.393 e. The lowest BCUT2D eigenvalue weighted by Crippen LogP contribution is -2.48. The van der Waals surface area contributed by atoms with Crippen LogP contribution in [0.25, 0.3) is 11.1 Å². The molecule has 6 heterocycles. The van der Waals surface area contributed by atoms with E-state index in [1.807, 2.05) is 49.1 Å². The third kappa shape index (κ3) is 17.4. The first-order chi connectivity index (χ1) is 37.4. The second kappa shape index (κ2) is 26.2. The summed E-state index contributed by atoms with van der Waals surface area (Å²) in [4.78, 5) is 50.3. The number of ketones is 2. The maximum absolute atomic E-state index is 13.8. The summed E-state index contributed by atoms with van der Waals surface area (Å²) >= 11 is 2.15. The molecular weight excluding hydrogens is 1140 g/mol. The number of alkyl halides is 1. The number of aliphatic hydroxyl groups is 2. The van der Waals surface area contributed by atoms with E-state index in [1.165, 1.54) is 17.3 Å². The molecule has 4 atom stereocenters. The van der Waals surface area contributed by atoms with E-state index >= 15 is 0 Å². The lowest BCUT2D eigenvalue weighted by Gasteiger charge is -2.46. The highest BCUT2D eigenvalue weighted by atomic mass is 127. The maximum atomic E-state index is 13.8. The van der Waals surface area contributed by atoms with Gasteiger partial charge in [-0.2, -0.15) is 10.5 Å². The molecule has 2 aliphatic carbocycles. The number of nitrogens with one attached hydrogen (secondary N) is 1. The summed E-state index contributed by atoms with van der Waals surface area (Å²) < 4.78 is 20.0. The van der Waals surface area contributed by atoms with Crippen molar-refractivity contribution in [3.05, 3.63) is 106 Å². The maximum Gasteiger partial charge on any atom is 0.202 e. The topological polar surface area (TPSA) is 222 Å². The minimum atomic E-state index is -1.25. The quantitative estimate of drug-likeness (QED) is 0.0295. The van der Waals surface area contributed by atoms with E-state index in [-0.39, 0.29) is 95.7 Å². The number of imidazole rings is 2. The van der Waals surface area contributed by atoms with Crippen LogP contribution < -0.4 is 0 Å². The molecule has 3 N–H and O–H groups in total. The van der Waals surface area contributed by atoms with E-state index in [9.17, 15) is 25.1 Å². The lowest BCUT2D eigenvalue weighted by atomic mass is 9.76. The van der Waals surface area contributed by atoms with E-state index in [0.717, 1.165) is 91.3 Å². The standard InChI is InChI=1S/C34H50N4O4Si.C28H36N4O3.CH3I/c1-32(2)13-11-24(12-14-32)30-25(9-10-28(37-30)26-18-33(3,4)42-34(5,19-26)22-39)17-29(40)31-36-27(20-35)21-38(31)23-41-15-16-43(6,7)8;1-26(2)10-8-18(9-11-26)24-19(12-23(34)25-30-16-21(15-29)31-25)6-7-22(32-24)20-13-27(3,4)35-28(5,14-20)17-33;1-2/h9-11,21,26,39H,12-19,22-23H2,1-8H3;6-8,16,20,33H,9-14,17H2,1-5H3,(H,30,31);1H3. The number of hydrogen-bond acceptors (Lipinski definition) is 13. The van der Waals surface area contributed by atoms with Crippen molar-refractivity contribution in [3.63, 3.8) is 0 Å². The number of nitriles is 2. The van der Waals surface area contributed by atoms with Gasteiger partial charge in [0.05, 0.1) is 53.2 Å². The fourth-order valence-corrected chi connectivity index (χ4v) is 12.5. The fourth-order valence-electron chi connectivity index (χ4n) is 11.7. The minimum absolute atomic E-state index is 0.0412. The smallest absolute Gasteiger partial charge is 0.202 e. The first-order valence-electron chi connectivity index (χ1n) is 28.4. The highest BCUT2D eigenvalue weighted by Gasteiger charge is 2.44. The largest absolute Gasteiger partial charge is 0.393 e. The van der Waals surface area contributed by atoms with Crippen molar-refractivity contribution in [1.82, 2.24) is 29.5 Å². The number of hydrogen-bond donors (Lipinski definition) is 3. The Hall–Kier alpha value is -4.73. The summed E-state index contributed by atoms with van der Waals surface area (Å²) in [5.41, 5.74) is 6.75. The number of rotatable bonds is 17. The van der Waals surface area contributed by atoms with E-state index in [2.05, 4.69) is 131 Å². The van der Waals surface area contributed by atoms with Crippen LogP contribution >= 0.6 is 22.6 Å². The molecule has 0 saturated carbocycles. The molecule has 434 valence electrons. The van der Waals surface area contributed by atoms with Gasteiger partial charge in [-0.15, -0.1) is 0 Å². The molecule has 0 radical (unpaired) electrons. The highest BCUT2D eigenvalue weighted by molar-refractivity contribution is 14.1. The molecule has 2 fully saturated rings. The van der Waals surface area contributed by atoms with Crippen LogP contribution in [0.5, 0.6) is 0 Å². The van der Waals surface area contributed by atoms with Crippen molar-refractivity contribution < 1.29 is 34.0 Å². The zero-order valence-corrected chi connectivity index (χ0v) is 53.4. The average molecular weight is 1230 g/mol. The molecular formula is C63H89IN8O7Si. The number of H-pyrrole nitrogens is 1. The van der Waals surface area contributed by atoms with Crippen molar-refractivity contribution in [2.24, 2.45) is 10.8 Å². The van der Waals surface area contributed by atoms with Crippen molar-refractivity contribution in [1.29, 1.82) is 10.5 Å². The monoisotopic (exact) mass is 1220 g/mol. The van der Waals surface area contributed by atoms with Crippen LogP contribution in [0, 0.1) is 33.5 Å². The van der Waals surface area contributed by atoms with Crippen LogP contribution in [0.15, 0.2) is 48.8 Å². The lowest BCUT2D eigenvalue weighted by molar-refractivity contribution is -0.187. The third-order valence-corrected chi connectivity index (χ3v) is 17.7. The van der Waals surface area contributed by atoms with E-state index in [1.54, 1.807) is 10.8 Å². The van der Waals surface area contributed by atoms with Gasteiger partial charge in [0.1, 0.15) is 24.6 Å². The van der Waals surface area contributed by atoms with Crippen LogP contribution in [0.1, 0.15) is 212 Å². The molecule has 15 nitrogen and oxygen atoms in total. The van der Waals surface area contributed by atoms with Gasteiger partial charge < -0.3 is 34.0 Å². The molecule has 2 saturated heterocycles. The predicted molar refractivity (Wildman–Crippen MR) is 325 cm³/mol. The summed E-state index contributed by atoms with van der Waals surface area (Å²) in [6.07, 6.45) is 16.7. The number of halogens is 1. The molecule has 4 unspecified atom stereocenters. The molecule has 4 aromatic rings. The van der Waals surface area contributed by atoms with Crippen molar-refractivity contribution in [2.45, 2.75) is 213 Å². The zero-order chi connectivity index (χ0) is 59.1. The van der Waals surface area contributed by atoms with Gasteiger partial charge in [-0.05, 0) is 162 Å². The van der Waals surface area contributed by atoms with Gasteiger partial charge in [-0.3, -0.25) is 19.6 Å². The van der Waals surface area contributed by atoms with E-state index in [4.69, 9.17) is 29.4 Å². The predicted octanol–water partition coefficient (Wildman–Crippen LogP) is 13.1. The third-order valence-electron chi connectivity index (χ3n) is 16.0. The molecule has 17 heteroatoms. The van der Waals surface area contributed by atoms with Crippen LogP contribution in [0.2, 0.25) is 25.7 Å². The molecule has 4 aromatic heterocycles. The molecule has 80 heavy (non-hydrogen) atoms. The Bertz CT molecular complexity index is 2990. The second-order valence-corrected chi connectivity index (χ2v) is 32.8. The molecule has 0 aromatic carbocycles. The van der Waals surface area contributed by atoms with Gasteiger partial charge >= 0.3 is 0 Å². The van der Waals surface area contributed by atoms with Crippen molar-refractivity contribution in [3.8, 4) is 12.1 Å². The summed E-state index contributed by atoms with van der Waals surface area (Å²) in [5.74, 6) is 0.365. The molecule has 0 spiro atoms. The summed E-state index contributed by atoms with van der Waals surface area (Å²) in [6, 6.07) is 13.2. The normalized spacial score (nSPS) is 23.8. The average Bonchev–Trinajstić information content (AvgIpc) is 4.06. The SMILES string of the molecule is CC1(C)CC=C(c2nc(C3CC(C)(C)OC(C)(CO)C3)ccc2CC(=O)c2nc(C#N)cn2COCC[Si](C)(C)C)CC1.CC1(C)CC=C(c2nc(C3CC(C)(C)OC(C)(CO)C3)ccc2CC(=O)c2ncc(C#N)[nH]2)CC1.CI. The van der Waals surface area contributed by atoms with Gasteiger partial charge in [0.15, 0.2) is 17.3 Å². The molecule has 0 amide bonds. The van der Waals surface area contributed by atoms with Crippen LogP contribution in [0.4, 0.5) is 0 Å². The van der Waals surface area contributed by atoms with Gasteiger partial charge in [0, 0.05) is 56.9 Å². The molecule has 2 aliphatic heterocycles. The number of ether oxygens (including phenoxy) is 3. The Kier molecular flexibility index (Phi) is 21.1. The zero-order valence-electron chi connectivity index (χ0n) is 50.2. The number of nitrogens with zero attached hydrogens (tertiary/aromatic N) is 7. The van der Waals surface area contributed by atoms with Crippen molar-refractivity contribution >= 4 is 53.4 Å². The molecule has 0 bridgehead atoms. The van der Waals surface area contributed by atoms with Crippen LogP contribution in [-0.2, 0) is 33.8 Å². The number of carbonyl (C=O) groups excluding carboxylic acids is 2. The molecule has 8 rings (SSSR count). The van der Waals surface area contributed by atoms with Crippen molar-refractivity contribution in [2.75, 3.05) is 24.8 Å². The number of aromatic amines is 1. The Balaban J connectivity index is 0.000000255. The summed E-state index contributed by atoms with van der Waals surface area (Å²) in [6.45, 7) is 28.9. The fraction of sp³-hybridized carbons (Fsp3) is 0.619. The Morgan fingerprint density at radius 3 is 1.64 bits per heavy atom. The van der Waals surface area contributed by atoms with Gasteiger partial charge in [0.2, 0.25) is 11.6 Å².